The summed E-state index contributed by atoms with van der Waals surface area (Å²) in [5.74, 6) is 0.340. The second-order valence-electron chi connectivity index (χ2n) is 6.79. The number of anilines is 1. The Kier molecular flexibility index (Phi) is 6.52. The third kappa shape index (κ3) is 3.80. The minimum absolute atomic E-state index is 0.0313. The summed E-state index contributed by atoms with van der Waals surface area (Å²) in [7, 11) is 3.12. The Morgan fingerprint density at radius 1 is 1.00 bits per heavy atom. The van der Waals surface area contributed by atoms with E-state index in [1.54, 1.807) is 44.6 Å². The molecule has 0 radical (unpaired) electrons. The molecule has 7 heteroatoms. The number of methoxy groups -OCH3 is 2. The van der Waals surface area contributed by atoms with Gasteiger partial charge in [0.2, 0.25) is 0 Å². The van der Waals surface area contributed by atoms with Gasteiger partial charge in [0.15, 0.2) is 5.11 Å². The number of para-hydroxylation sites is 1. The van der Waals surface area contributed by atoms with Crippen LogP contribution >= 0.6 is 12.2 Å². The van der Waals surface area contributed by atoms with Gasteiger partial charge in [-0.15, -0.1) is 0 Å². The molecule has 0 bridgehead atoms. The molecule has 0 aliphatic carbocycles. The highest BCUT2D eigenvalue weighted by Crippen LogP contribution is 2.34. The van der Waals surface area contributed by atoms with Crippen molar-refractivity contribution in [3.63, 3.8) is 0 Å². The fraction of sp³-hybridized carbons (Fsp3) is 0.261. The van der Waals surface area contributed by atoms with Gasteiger partial charge in [-0.2, -0.15) is 0 Å². The molecule has 1 heterocycles. The van der Waals surface area contributed by atoms with E-state index in [9.17, 15) is 9.59 Å². The Bertz CT molecular complexity index is 1020. The van der Waals surface area contributed by atoms with Crippen molar-refractivity contribution >= 4 is 40.9 Å². The minimum Gasteiger partial charge on any atom is -0.496 e. The number of rotatable bonds is 6. The van der Waals surface area contributed by atoms with Gasteiger partial charge >= 0.3 is 0 Å². The number of hydrogen-bond acceptors (Lipinski definition) is 5. The summed E-state index contributed by atoms with van der Waals surface area (Å²) in [6, 6.07) is 12.6. The average Bonchev–Trinajstić information content (AvgIpc) is 2.75. The Hall–Kier alpha value is -3.19. The molecule has 0 N–H and O–H groups in total. The van der Waals surface area contributed by atoms with Gasteiger partial charge in [0, 0.05) is 17.7 Å². The summed E-state index contributed by atoms with van der Waals surface area (Å²) in [5.41, 5.74) is 2.05. The molecule has 2 aromatic carbocycles. The number of benzene rings is 2. The van der Waals surface area contributed by atoms with Gasteiger partial charge in [-0.05, 0) is 55.9 Å². The molecule has 1 aliphatic rings. The standard InChI is InChI=1S/C23H24N2O4S/c1-5-13-24-21(26)18(14-16-11-12-19(28-3)15(2)20(16)29-4)22(27)25(23(24)30)17-9-7-6-8-10-17/h6-12,14H,5,13H2,1-4H3/b18-14+. The lowest BCUT2D eigenvalue weighted by Gasteiger charge is -2.36. The van der Waals surface area contributed by atoms with Crippen molar-refractivity contribution in [2.45, 2.75) is 20.3 Å². The van der Waals surface area contributed by atoms with E-state index in [0.29, 0.717) is 35.7 Å². The zero-order chi connectivity index (χ0) is 21.8. The molecule has 1 aliphatic heterocycles. The second-order valence-corrected chi connectivity index (χ2v) is 7.15. The van der Waals surface area contributed by atoms with E-state index in [1.165, 1.54) is 9.80 Å². The fourth-order valence-corrected chi connectivity index (χ4v) is 3.82. The molecule has 30 heavy (non-hydrogen) atoms. The summed E-state index contributed by atoms with van der Waals surface area (Å²) in [6.45, 7) is 4.24. The first-order valence-electron chi connectivity index (χ1n) is 9.63. The van der Waals surface area contributed by atoms with Crippen molar-refractivity contribution in [2.75, 3.05) is 25.7 Å². The van der Waals surface area contributed by atoms with Crippen LogP contribution in [0.2, 0.25) is 0 Å². The van der Waals surface area contributed by atoms with Gasteiger partial charge < -0.3 is 9.47 Å². The quantitative estimate of drug-likeness (QED) is 0.399. The summed E-state index contributed by atoms with van der Waals surface area (Å²) in [6.07, 6.45) is 2.28. The Morgan fingerprint density at radius 2 is 1.70 bits per heavy atom. The van der Waals surface area contributed by atoms with E-state index >= 15 is 0 Å². The van der Waals surface area contributed by atoms with Crippen molar-refractivity contribution in [3.05, 3.63) is 59.2 Å². The summed E-state index contributed by atoms with van der Waals surface area (Å²) in [5, 5.41) is 0.188. The smallest absolute Gasteiger partial charge is 0.270 e. The second kappa shape index (κ2) is 9.09. The summed E-state index contributed by atoms with van der Waals surface area (Å²) < 4.78 is 10.9. The van der Waals surface area contributed by atoms with Crippen LogP contribution in [0.1, 0.15) is 24.5 Å². The van der Waals surface area contributed by atoms with Gasteiger partial charge in [0.1, 0.15) is 17.1 Å². The highest BCUT2D eigenvalue weighted by molar-refractivity contribution is 7.80. The molecular formula is C23H24N2O4S. The van der Waals surface area contributed by atoms with Crippen LogP contribution in [0.4, 0.5) is 5.69 Å². The predicted octanol–water partition coefficient (Wildman–Crippen LogP) is 3.97. The molecule has 1 saturated heterocycles. The van der Waals surface area contributed by atoms with Crippen LogP contribution in [0, 0.1) is 6.92 Å². The van der Waals surface area contributed by atoms with Crippen LogP contribution in [-0.4, -0.2) is 42.6 Å². The number of nitrogens with zero attached hydrogens (tertiary/aromatic N) is 2. The van der Waals surface area contributed by atoms with E-state index in [0.717, 1.165) is 5.56 Å². The predicted molar refractivity (Wildman–Crippen MR) is 121 cm³/mol. The number of hydrogen-bond donors (Lipinski definition) is 0. The Morgan fingerprint density at radius 3 is 2.30 bits per heavy atom. The molecule has 3 rings (SSSR count). The molecule has 2 amide bonds. The van der Waals surface area contributed by atoms with Crippen LogP contribution < -0.4 is 14.4 Å². The first-order valence-corrected chi connectivity index (χ1v) is 10.0. The number of carbonyl (C=O) groups excluding carboxylic acids is 2. The average molecular weight is 425 g/mol. The zero-order valence-corrected chi connectivity index (χ0v) is 18.3. The highest BCUT2D eigenvalue weighted by atomic mass is 32.1. The number of ether oxygens (including phenoxy) is 2. The van der Waals surface area contributed by atoms with Crippen molar-refractivity contribution in [1.29, 1.82) is 0 Å². The van der Waals surface area contributed by atoms with E-state index in [1.807, 2.05) is 32.0 Å². The molecule has 0 atom stereocenters. The minimum atomic E-state index is -0.459. The topological polar surface area (TPSA) is 59.1 Å². The third-order valence-electron chi connectivity index (χ3n) is 4.90. The molecule has 6 nitrogen and oxygen atoms in total. The van der Waals surface area contributed by atoms with Crippen molar-refractivity contribution in [1.82, 2.24) is 4.90 Å². The lowest BCUT2D eigenvalue weighted by atomic mass is 10.0. The summed E-state index contributed by atoms with van der Waals surface area (Å²) in [4.78, 5) is 29.4. The first kappa shape index (κ1) is 21.5. The van der Waals surface area contributed by atoms with E-state index in [-0.39, 0.29) is 10.7 Å². The van der Waals surface area contributed by atoms with Gasteiger partial charge in [-0.1, -0.05) is 25.1 Å². The van der Waals surface area contributed by atoms with Crippen molar-refractivity contribution in [3.8, 4) is 11.5 Å². The first-order chi connectivity index (χ1) is 14.4. The third-order valence-corrected chi connectivity index (χ3v) is 5.31. The fourth-order valence-electron chi connectivity index (χ4n) is 3.46. The van der Waals surface area contributed by atoms with Crippen LogP contribution in [0.3, 0.4) is 0 Å². The molecular weight excluding hydrogens is 400 g/mol. The normalized spacial score (nSPS) is 15.7. The SMILES string of the molecule is CCCN1C(=O)/C(=C\c2ccc(OC)c(C)c2OC)C(=O)N(c2ccccc2)C1=S. The lowest BCUT2D eigenvalue weighted by molar-refractivity contribution is -0.127. The monoisotopic (exact) mass is 424 g/mol. The molecule has 0 unspecified atom stereocenters. The van der Waals surface area contributed by atoms with Gasteiger partial charge in [0.25, 0.3) is 11.8 Å². The molecule has 2 aromatic rings. The van der Waals surface area contributed by atoms with Gasteiger partial charge in [-0.3, -0.25) is 19.4 Å². The molecule has 0 saturated carbocycles. The molecule has 0 aromatic heterocycles. The van der Waals surface area contributed by atoms with Gasteiger partial charge in [-0.25, -0.2) is 0 Å². The van der Waals surface area contributed by atoms with Crippen molar-refractivity contribution in [2.24, 2.45) is 0 Å². The van der Waals surface area contributed by atoms with Gasteiger partial charge in [0.05, 0.1) is 19.9 Å². The molecule has 1 fully saturated rings. The molecule has 0 spiro atoms. The van der Waals surface area contributed by atoms with Crippen LogP contribution in [0.5, 0.6) is 11.5 Å². The van der Waals surface area contributed by atoms with Crippen molar-refractivity contribution < 1.29 is 19.1 Å². The Balaban J connectivity index is 2.15. The van der Waals surface area contributed by atoms with E-state index in [2.05, 4.69) is 0 Å². The maximum Gasteiger partial charge on any atom is 0.270 e. The summed E-state index contributed by atoms with van der Waals surface area (Å²) >= 11 is 5.51. The Labute approximate surface area is 181 Å². The maximum absolute atomic E-state index is 13.4. The highest BCUT2D eigenvalue weighted by Gasteiger charge is 2.40. The van der Waals surface area contributed by atoms with E-state index < -0.39 is 11.8 Å². The number of amides is 2. The van der Waals surface area contributed by atoms with Crippen LogP contribution in [-0.2, 0) is 9.59 Å². The number of thiocarbonyl (C=S) groups is 1. The number of carbonyl (C=O) groups is 2. The van der Waals surface area contributed by atoms with Crippen LogP contribution in [0.25, 0.3) is 6.08 Å². The molecule has 156 valence electrons. The van der Waals surface area contributed by atoms with Crippen LogP contribution in [0.15, 0.2) is 48.0 Å². The largest absolute Gasteiger partial charge is 0.496 e. The zero-order valence-electron chi connectivity index (χ0n) is 17.5. The van der Waals surface area contributed by atoms with E-state index in [4.69, 9.17) is 21.7 Å². The maximum atomic E-state index is 13.4. The lowest BCUT2D eigenvalue weighted by Crippen LogP contribution is -2.56.